The average Bonchev–Trinajstić information content (AvgIpc) is 2.54. The van der Waals surface area contributed by atoms with Crippen LogP contribution in [0.3, 0.4) is 0 Å². The monoisotopic (exact) mass is 284 g/mol. The summed E-state index contributed by atoms with van der Waals surface area (Å²) in [6.07, 6.45) is 3.48. The molecular weight excluding hydrogens is 264 g/mol. The molecule has 0 radical (unpaired) electrons. The molecule has 2 aromatic rings. The number of rotatable bonds is 7. The summed E-state index contributed by atoms with van der Waals surface area (Å²) in [5, 5.41) is 6.03. The van der Waals surface area contributed by atoms with Gasteiger partial charge in [0.15, 0.2) is 0 Å². The van der Waals surface area contributed by atoms with E-state index >= 15 is 0 Å². The van der Waals surface area contributed by atoms with Crippen LogP contribution in [0.5, 0.6) is 0 Å². The highest BCUT2D eigenvalue weighted by atomic mass is 16.1. The van der Waals surface area contributed by atoms with E-state index < -0.39 is 0 Å². The highest BCUT2D eigenvalue weighted by Crippen LogP contribution is 2.05. The van der Waals surface area contributed by atoms with Crippen molar-refractivity contribution in [1.29, 1.82) is 0 Å². The van der Waals surface area contributed by atoms with Crippen LogP contribution in [0.25, 0.3) is 0 Å². The van der Waals surface area contributed by atoms with Crippen LogP contribution in [0.2, 0.25) is 0 Å². The van der Waals surface area contributed by atoms with E-state index in [2.05, 4.69) is 27.5 Å². The molecule has 2 rings (SSSR count). The molecule has 5 nitrogen and oxygen atoms in total. The number of nitrogens with zero attached hydrogens (tertiary/aromatic N) is 2. The molecule has 2 N–H and O–H groups in total. The first kappa shape index (κ1) is 15.0. The molecule has 0 saturated carbocycles. The number of carbonyl (C=O) groups is 1. The van der Waals surface area contributed by atoms with Gasteiger partial charge in [0.2, 0.25) is 0 Å². The first-order valence-corrected chi connectivity index (χ1v) is 7.18. The van der Waals surface area contributed by atoms with Crippen molar-refractivity contribution >= 4 is 11.7 Å². The number of aromatic nitrogens is 2. The average molecular weight is 284 g/mol. The summed E-state index contributed by atoms with van der Waals surface area (Å²) < 4.78 is 0. The molecule has 0 spiro atoms. The number of hydrogen-bond donors (Lipinski definition) is 2. The fourth-order valence-corrected chi connectivity index (χ4v) is 1.85. The van der Waals surface area contributed by atoms with E-state index in [-0.39, 0.29) is 5.91 Å². The maximum absolute atomic E-state index is 12.0. The van der Waals surface area contributed by atoms with Crippen LogP contribution in [0.4, 0.5) is 5.82 Å². The lowest BCUT2D eigenvalue weighted by molar-refractivity contribution is 0.0949. The summed E-state index contributed by atoms with van der Waals surface area (Å²) in [4.78, 5) is 20.6. The normalized spacial score (nSPS) is 10.1. The zero-order chi connectivity index (χ0) is 14.9. The Morgan fingerprint density at radius 1 is 1.14 bits per heavy atom. The first-order valence-electron chi connectivity index (χ1n) is 7.18. The Bertz CT molecular complexity index is 571. The third-order valence-electron chi connectivity index (χ3n) is 2.93. The number of amides is 1. The van der Waals surface area contributed by atoms with Gasteiger partial charge in [-0.1, -0.05) is 19.1 Å². The Hall–Kier alpha value is -2.43. The lowest BCUT2D eigenvalue weighted by atomic mass is 10.2. The Labute approximate surface area is 124 Å². The molecule has 0 unspecified atom stereocenters. The Kier molecular flexibility index (Phi) is 5.70. The fourth-order valence-electron chi connectivity index (χ4n) is 1.85. The van der Waals surface area contributed by atoms with Crippen molar-refractivity contribution in [2.24, 2.45) is 0 Å². The van der Waals surface area contributed by atoms with Crippen molar-refractivity contribution in [3.05, 3.63) is 54.0 Å². The van der Waals surface area contributed by atoms with E-state index in [4.69, 9.17) is 0 Å². The number of nitrogens with one attached hydrogen (secondary N) is 2. The van der Waals surface area contributed by atoms with E-state index in [9.17, 15) is 4.79 Å². The van der Waals surface area contributed by atoms with Crippen LogP contribution >= 0.6 is 0 Å². The summed E-state index contributed by atoms with van der Waals surface area (Å²) in [7, 11) is 0. The highest BCUT2D eigenvalue weighted by molar-refractivity contribution is 5.92. The van der Waals surface area contributed by atoms with Gasteiger partial charge in [-0.25, -0.2) is 4.98 Å². The third-order valence-corrected chi connectivity index (χ3v) is 2.93. The van der Waals surface area contributed by atoms with Crippen LogP contribution in [0.15, 0.2) is 42.6 Å². The summed E-state index contributed by atoms with van der Waals surface area (Å²) >= 11 is 0. The molecule has 0 aliphatic heterocycles. The Balaban J connectivity index is 1.85. The number of pyridine rings is 2. The third kappa shape index (κ3) is 4.87. The fraction of sp³-hybridized carbons (Fsp3) is 0.312. The second-order valence-corrected chi connectivity index (χ2v) is 4.66. The molecule has 0 aliphatic carbocycles. The van der Waals surface area contributed by atoms with Gasteiger partial charge in [-0.2, -0.15) is 0 Å². The molecule has 21 heavy (non-hydrogen) atoms. The molecule has 2 aromatic heterocycles. The number of anilines is 1. The molecule has 0 aromatic carbocycles. The zero-order valence-electron chi connectivity index (χ0n) is 12.2. The first-order chi connectivity index (χ1) is 10.3. The number of carbonyl (C=O) groups excluding carboxylic acids is 1. The molecule has 0 fully saturated rings. The van der Waals surface area contributed by atoms with Gasteiger partial charge >= 0.3 is 0 Å². The molecule has 0 atom stereocenters. The lowest BCUT2D eigenvalue weighted by Gasteiger charge is -2.07. The zero-order valence-corrected chi connectivity index (χ0v) is 12.2. The predicted octanol–water partition coefficient (Wildman–Crippen LogP) is 2.27. The van der Waals surface area contributed by atoms with Gasteiger partial charge in [-0.3, -0.25) is 9.78 Å². The van der Waals surface area contributed by atoms with Crippen molar-refractivity contribution in [3.63, 3.8) is 0 Å². The quantitative estimate of drug-likeness (QED) is 0.818. The number of hydrogen-bond acceptors (Lipinski definition) is 4. The highest BCUT2D eigenvalue weighted by Gasteiger charge is 2.07. The Morgan fingerprint density at radius 3 is 2.81 bits per heavy atom. The topological polar surface area (TPSA) is 66.9 Å². The molecular formula is C16H20N4O. The molecule has 0 bridgehead atoms. The van der Waals surface area contributed by atoms with E-state index in [0.29, 0.717) is 18.7 Å². The van der Waals surface area contributed by atoms with Gasteiger partial charge < -0.3 is 10.6 Å². The smallest absolute Gasteiger partial charge is 0.269 e. The van der Waals surface area contributed by atoms with Gasteiger partial charge in [0, 0.05) is 31.4 Å². The molecule has 5 heteroatoms. The van der Waals surface area contributed by atoms with Crippen molar-refractivity contribution in [3.8, 4) is 0 Å². The maximum atomic E-state index is 12.0. The van der Waals surface area contributed by atoms with Crippen molar-refractivity contribution < 1.29 is 4.79 Å². The summed E-state index contributed by atoms with van der Waals surface area (Å²) in [5.41, 5.74) is 1.39. The second-order valence-electron chi connectivity index (χ2n) is 4.66. The summed E-state index contributed by atoms with van der Waals surface area (Å²) in [6.45, 7) is 3.48. The van der Waals surface area contributed by atoms with Gasteiger partial charge in [0.05, 0.1) is 0 Å². The molecule has 1 amide bonds. The predicted molar refractivity (Wildman–Crippen MR) is 83.3 cm³/mol. The Morgan fingerprint density at radius 2 is 2.05 bits per heavy atom. The van der Waals surface area contributed by atoms with E-state index in [1.54, 1.807) is 12.3 Å². The van der Waals surface area contributed by atoms with Crippen LogP contribution in [0, 0.1) is 0 Å². The molecule has 2 heterocycles. The van der Waals surface area contributed by atoms with Gasteiger partial charge in [0.1, 0.15) is 11.5 Å². The van der Waals surface area contributed by atoms with Crippen molar-refractivity contribution in [1.82, 2.24) is 15.3 Å². The van der Waals surface area contributed by atoms with Crippen LogP contribution < -0.4 is 10.6 Å². The largest absolute Gasteiger partial charge is 0.370 e. The van der Waals surface area contributed by atoms with E-state index in [0.717, 1.165) is 24.5 Å². The van der Waals surface area contributed by atoms with E-state index in [1.165, 1.54) is 0 Å². The van der Waals surface area contributed by atoms with E-state index in [1.807, 2.05) is 30.3 Å². The van der Waals surface area contributed by atoms with Crippen LogP contribution in [0.1, 0.15) is 29.5 Å². The minimum absolute atomic E-state index is 0.161. The van der Waals surface area contributed by atoms with Gasteiger partial charge in [-0.15, -0.1) is 0 Å². The van der Waals surface area contributed by atoms with Crippen molar-refractivity contribution in [2.45, 2.75) is 19.8 Å². The van der Waals surface area contributed by atoms with Gasteiger partial charge in [0.25, 0.3) is 5.91 Å². The molecule has 0 saturated heterocycles. The standard InChI is InChI=1S/C16H20N4O/c1-2-10-18-15-8-5-7-14(20-15)16(21)19-12-9-13-6-3-4-11-17-13/h3-8,11H,2,9-10,12H2,1H3,(H,18,20)(H,19,21). The second kappa shape index (κ2) is 7.99. The van der Waals surface area contributed by atoms with Crippen LogP contribution in [-0.4, -0.2) is 29.0 Å². The summed E-state index contributed by atoms with van der Waals surface area (Å²) in [6, 6.07) is 11.2. The van der Waals surface area contributed by atoms with Crippen molar-refractivity contribution in [2.75, 3.05) is 18.4 Å². The SMILES string of the molecule is CCCNc1cccc(C(=O)NCCc2ccccn2)n1. The molecule has 110 valence electrons. The maximum Gasteiger partial charge on any atom is 0.269 e. The minimum Gasteiger partial charge on any atom is -0.370 e. The minimum atomic E-state index is -0.161. The lowest BCUT2D eigenvalue weighted by Crippen LogP contribution is -2.26. The van der Waals surface area contributed by atoms with Gasteiger partial charge in [-0.05, 0) is 30.7 Å². The summed E-state index contributed by atoms with van der Waals surface area (Å²) in [5.74, 6) is 0.570. The van der Waals surface area contributed by atoms with Crippen LogP contribution in [-0.2, 0) is 6.42 Å². The molecule has 0 aliphatic rings.